The Hall–Kier alpha value is -1.56. The Morgan fingerprint density at radius 2 is 1.59 bits per heavy atom. The monoisotopic (exact) mass is 752 g/mol. The minimum absolute atomic E-state index is 0.112. The van der Waals surface area contributed by atoms with Crippen LogP contribution < -0.4 is 10.1 Å². The van der Waals surface area contributed by atoms with Crippen molar-refractivity contribution in [3.8, 4) is 5.75 Å². The number of benzene rings is 1. The molecule has 4 rings (SSSR count). The molecule has 1 aromatic rings. The number of hydrogen-bond donors (Lipinski definition) is 1. The number of nitrogens with one attached hydrogen (secondary N) is 1. The molecular weight excluding hydrogens is 691 g/mol. The zero-order chi connectivity index (χ0) is 33.2. The SMILES string of the molecule is CCC[CH2][Sn]([CH2]CCC)([CH2]CCC)[C@@H]1CC2(CC[C@]13C[C@@H](CN[C@@H](Cc1ccc(OC)cc1)C(=O)OC)N(C)C(=O)O3)OCCO2. The van der Waals surface area contributed by atoms with E-state index in [0.29, 0.717) is 30.1 Å². The second-order valence-corrected chi connectivity index (χ2v) is 28.0. The van der Waals surface area contributed by atoms with Gasteiger partial charge in [0.1, 0.15) is 0 Å². The maximum atomic E-state index is 13.8. The van der Waals surface area contributed by atoms with Crippen molar-refractivity contribution >= 4 is 30.4 Å². The number of carbonyl (C=O) groups is 2. The zero-order valence-corrected chi connectivity index (χ0v) is 32.2. The average molecular weight is 752 g/mol. The molecule has 1 saturated carbocycles. The van der Waals surface area contributed by atoms with Crippen LogP contribution in [0.2, 0.25) is 17.2 Å². The predicted octanol–water partition coefficient (Wildman–Crippen LogP) is 7.09. The molecule has 1 N–H and O–H groups in total. The predicted molar refractivity (Wildman–Crippen MR) is 183 cm³/mol. The summed E-state index contributed by atoms with van der Waals surface area (Å²) < 4.78 is 34.3. The summed E-state index contributed by atoms with van der Waals surface area (Å²) in [6.07, 6.45) is 10.6. The van der Waals surface area contributed by atoms with Gasteiger partial charge in [-0.25, -0.2) is 0 Å². The van der Waals surface area contributed by atoms with Gasteiger partial charge in [0, 0.05) is 0 Å². The average Bonchev–Trinajstić information content (AvgIpc) is 3.54. The van der Waals surface area contributed by atoms with E-state index in [9.17, 15) is 9.59 Å². The molecule has 3 aliphatic rings. The van der Waals surface area contributed by atoms with Crippen molar-refractivity contribution in [3.05, 3.63) is 29.8 Å². The number of likely N-dealkylation sites (N-methyl/N-ethyl adjacent to an activating group) is 1. The Kier molecular flexibility index (Phi) is 13.9. The van der Waals surface area contributed by atoms with Gasteiger partial charge in [-0.3, -0.25) is 0 Å². The maximum absolute atomic E-state index is 13.8. The summed E-state index contributed by atoms with van der Waals surface area (Å²) in [5.41, 5.74) is 0.478. The Labute approximate surface area is 281 Å². The summed E-state index contributed by atoms with van der Waals surface area (Å²) in [6.45, 7) is 8.67. The van der Waals surface area contributed by atoms with E-state index < -0.39 is 35.8 Å². The van der Waals surface area contributed by atoms with Crippen molar-refractivity contribution in [1.82, 2.24) is 10.2 Å². The summed E-state index contributed by atoms with van der Waals surface area (Å²) >= 11 is -3.01. The number of amides is 1. The van der Waals surface area contributed by atoms with Gasteiger partial charge in [0.2, 0.25) is 0 Å². The number of methoxy groups -OCH3 is 2. The van der Waals surface area contributed by atoms with Crippen LogP contribution in [0, 0.1) is 0 Å². The molecule has 9 nitrogen and oxygen atoms in total. The van der Waals surface area contributed by atoms with Gasteiger partial charge in [-0.05, 0) is 0 Å². The van der Waals surface area contributed by atoms with E-state index in [1.807, 2.05) is 31.3 Å². The molecule has 1 amide bonds. The summed E-state index contributed by atoms with van der Waals surface area (Å²) in [7, 11) is 4.90. The molecule has 2 heterocycles. The fourth-order valence-electron chi connectivity index (χ4n) is 8.40. The molecule has 1 aromatic carbocycles. The van der Waals surface area contributed by atoms with Crippen molar-refractivity contribution in [2.75, 3.05) is 41.0 Å². The van der Waals surface area contributed by atoms with Gasteiger partial charge in [0.15, 0.2) is 0 Å². The molecule has 0 unspecified atom stereocenters. The minimum atomic E-state index is -3.01. The molecule has 260 valence electrons. The number of hydrogen-bond acceptors (Lipinski definition) is 8. The Morgan fingerprint density at radius 3 is 2.13 bits per heavy atom. The van der Waals surface area contributed by atoms with Crippen molar-refractivity contribution in [3.63, 3.8) is 0 Å². The Bertz CT molecular complexity index is 1090. The van der Waals surface area contributed by atoms with Crippen molar-refractivity contribution < 1.29 is 33.3 Å². The van der Waals surface area contributed by atoms with Crippen LogP contribution in [0.25, 0.3) is 0 Å². The second kappa shape index (κ2) is 17.2. The van der Waals surface area contributed by atoms with E-state index in [1.54, 1.807) is 12.0 Å². The quantitative estimate of drug-likeness (QED) is 0.133. The van der Waals surface area contributed by atoms with Gasteiger partial charge in [0.05, 0.1) is 7.11 Å². The molecule has 4 atom stereocenters. The van der Waals surface area contributed by atoms with Gasteiger partial charge < -0.3 is 4.74 Å². The van der Waals surface area contributed by atoms with Crippen LogP contribution in [0.15, 0.2) is 24.3 Å². The van der Waals surface area contributed by atoms with E-state index in [0.717, 1.165) is 37.0 Å². The molecule has 2 saturated heterocycles. The van der Waals surface area contributed by atoms with Gasteiger partial charge in [-0.1, -0.05) is 0 Å². The molecule has 0 aromatic heterocycles. The van der Waals surface area contributed by atoms with E-state index >= 15 is 0 Å². The van der Waals surface area contributed by atoms with Crippen molar-refractivity contribution in [2.45, 2.75) is 132 Å². The van der Waals surface area contributed by atoms with Gasteiger partial charge >= 0.3 is 271 Å². The summed E-state index contributed by atoms with van der Waals surface area (Å²) in [5, 5.41) is 3.51. The van der Waals surface area contributed by atoms with Crippen LogP contribution in [0.5, 0.6) is 5.75 Å². The molecule has 2 aliphatic heterocycles. The number of carbonyl (C=O) groups excluding carboxylic acids is 2. The van der Waals surface area contributed by atoms with E-state index in [-0.39, 0.29) is 18.1 Å². The first-order valence-corrected chi connectivity index (χ1v) is 25.6. The van der Waals surface area contributed by atoms with Gasteiger partial charge in [-0.15, -0.1) is 0 Å². The fraction of sp³-hybridized carbons (Fsp3) is 0.778. The number of nitrogens with zero attached hydrogens (tertiary/aromatic N) is 1. The van der Waals surface area contributed by atoms with Gasteiger partial charge in [-0.2, -0.15) is 0 Å². The first-order chi connectivity index (χ1) is 22.2. The standard InChI is InChI=1S/C24H33N2O7.3C4H9.Sn/c1-26-18(15-23(33-22(26)28)8-10-24(11-9-23)31-12-13-32-24)16-25-20(21(27)30-3)14-17-4-6-19(29-2)7-5-17;3*1-3-4-2;/h4-8,18,20,25H,9-16H2,1-3H3;3*1,3-4H2,2H3;/t18-,20-,23-;;;;/m0..../s1. The molecule has 0 bridgehead atoms. The molecule has 46 heavy (non-hydrogen) atoms. The van der Waals surface area contributed by atoms with E-state index in [2.05, 4.69) is 26.1 Å². The summed E-state index contributed by atoms with van der Waals surface area (Å²) in [4.78, 5) is 28.5. The number of ether oxygens (including phenoxy) is 5. The summed E-state index contributed by atoms with van der Waals surface area (Å²) in [5.74, 6) is -0.0800. The van der Waals surface area contributed by atoms with Crippen LogP contribution in [0.4, 0.5) is 4.79 Å². The molecule has 1 aliphatic carbocycles. The molecule has 10 heteroatoms. The topological polar surface area (TPSA) is 95.6 Å². The Morgan fingerprint density at radius 1 is 0.978 bits per heavy atom. The first kappa shape index (κ1) is 37.3. The molecule has 3 fully saturated rings. The van der Waals surface area contributed by atoms with Crippen LogP contribution in [-0.4, -0.2) is 99.8 Å². The molecular formula is C36H60N2O7Sn. The number of unbranched alkanes of at least 4 members (excludes halogenated alkanes) is 3. The van der Waals surface area contributed by atoms with Crippen molar-refractivity contribution in [2.24, 2.45) is 0 Å². The molecule has 2 spiro atoms. The van der Waals surface area contributed by atoms with Crippen LogP contribution >= 0.6 is 0 Å². The fourth-order valence-corrected chi connectivity index (χ4v) is 28.8. The van der Waals surface area contributed by atoms with E-state index in [1.165, 1.54) is 58.9 Å². The Balaban J connectivity index is 1.64. The third-order valence-corrected chi connectivity index (χ3v) is 29.0. The van der Waals surface area contributed by atoms with Crippen LogP contribution in [0.1, 0.15) is 90.5 Å². The number of rotatable bonds is 17. The first-order valence-electron chi connectivity index (χ1n) is 17.9. The van der Waals surface area contributed by atoms with Crippen molar-refractivity contribution in [1.29, 1.82) is 0 Å². The molecule has 0 radical (unpaired) electrons. The summed E-state index contributed by atoms with van der Waals surface area (Å²) in [6, 6.07) is 7.10. The third-order valence-electron chi connectivity index (χ3n) is 11.1. The normalized spacial score (nSPS) is 25.1. The third kappa shape index (κ3) is 8.72. The van der Waals surface area contributed by atoms with E-state index in [4.69, 9.17) is 23.7 Å². The van der Waals surface area contributed by atoms with Crippen LogP contribution in [-0.2, 0) is 30.2 Å². The second-order valence-electron chi connectivity index (χ2n) is 14.0. The number of esters is 1. The zero-order valence-electron chi connectivity index (χ0n) is 29.4. The van der Waals surface area contributed by atoms with Gasteiger partial charge in [0.25, 0.3) is 0 Å². The van der Waals surface area contributed by atoms with Crippen LogP contribution in [0.3, 0.4) is 0 Å².